The van der Waals surface area contributed by atoms with E-state index in [0.717, 1.165) is 22.0 Å². The third-order valence-electron chi connectivity index (χ3n) is 3.62. The van der Waals surface area contributed by atoms with Gasteiger partial charge in [-0.05, 0) is 37.6 Å². The number of guanidine groups is 1. The molecule has 0 bridgehead atoms. The average molecular weight is 378 g/mol. The Morgan fingerprint density at radius 2 is 1.84 bits per heavy atom. The smallest absolute Gasteiger partial charge is 0.191 e. The first-order valence-corrected chi connectivity index (χ1v) is 10.0. The first-order valence-electron chi connectivity index (χ1n) is 8.34. The first kappa shape index (κ1) is 19.5. The van der Waals surface area contributed by atoms with Gasteiger partial charge < -0.3 is 10.6 Å². The van der Waals surface area contributed by atoms with Crippen LogP contribution in [0.1, 0.15) is 25.5 Å². The zero-order valence-electron chi connectivity index (χ0n) is 14.5. The van der Waals surface area contributed by atoms with Crippen molar-refractivity contribution in [1.29, 1.82) is 0 Å². The lowest BCUT2D eigenvalue weighted by Gasteiger charge is -2.19. The second-order valence-corrected chi connectivity index (χ2v) is 7.49. The van der Waals surface area contributed by atoms with E-state index < -0.39 is 10.8 Å². The highest BCUT2D eigenvalue weighted by Crippen LogP contribution is 2.21. The Bertz CT molecular complexity index is 722. The molecule has 2 aromatic carbocycles. The molecule has 6 heteroatoms. The lowest BCUT2D eigenvalue weighted by atomic mass is 10.1. The highest BCUT2D eigenvalue weighted by molar-refractivity contribution is 7.85. The summed E-state index contributed by atoms with van der Waals surface area (Å²) < 4.78 is 12.3. The summed E-state index contributed by atoms with van der Waals surface area (Å²) in [6.45, 7) is 5.28. The molecule has 2 N–H and O–H groups in total. The van der Waals surface area contributed by atoms with Gasteiger partial charge in [0.25, 0.3) is 0 Å². The van der Waals surface area contributed by atoms with Crippen LogP contribution < -0.4 is 10.6 Å². The van der Waals surface area contributed by atoms with Crippen molar-refractivity contribution < 1.29 is 4.21 Å². The number of hydrogen-bond acceptors (Lipinski definition) is 2. The molecule has 4 nitrogen and oxygen atoms in total. The van der Waals surface area contributed by atoms with E-state index >= 15 is 0 Å². The minimum Gasteiger partial charge on any atom is -0.357 e. The molecule has 0 aliphatic heterocycles. The van der Waals surface area contributed by atoms with Crippen molar-refractivity contribution in [3.8, 4) is 0 Å². The summed E-state index contributed by atoms with van der Waals surface area (Å²) in [6, 6.07) is 17.2. The van der Waals surface area contributed by atoms with E-state index in [2.05, 4.69) is 15.6 Å². The summed E-state index contributed by atoms with van der Waals surface area (Å²) in [4.78, 5) is 5.37. The Kier molecular flexibility index (Phi) is 7.95. The summed E-state index contributed by atoms with van der Waals surface area (Å²) >= 11 is 6.25. The normalized spacial score (nSPS) is 14.0. The molecule has 0 spiro atoms. The van der Waals surface area contributed by atoms with E-state index in [9.17, 15) is 4.21 Å². The number of nitrogens with one attached hydrogen (secondary N) is 2. The second-order valence-electron chi connectivity index (χ2n) is 5.51. The predicted octanol–water partition coefficient (Wildman–Crippen LogP) is 3.76. The van der Waals surface area contributed by atoms with Crippen LogP contribution in [0.3, 0.4) is 0 Å². The maximum Gasteiger partial charge on any atom is 0.191 e. The number of hydrogen-bond donors (Lipinski definition) is 2. The van der Waals surface area contributed by atoms with Gasteiger partial charge in [0.2, 0.25) is 0 Å². The Morgan fingerprint density at radius 3 is 2.52 bits per heavy atom. The summed E-state index contributed by atoms with van der Waals surface area (Å²) in [5, 5.41) is 7.28. The number of halogens is 1. The summed E-state index contributed by atoms with van der Waals surface area (Å²) in [7, 11) is -1.04. The summed E-state index contributed by atoms with van der Waals surface area (Å²) in [6.07, 6.45) is 0. The standard InChI is InChI=1S/C19H24ClN3OS/c1-3-21-19(23-15(2)17-11-7-8-12-18(17)20)22-13-14-25(24)16-9-5-4-6-10-16/h4-12,15H,3,13-14H2,1-2H3,(H2,21,22,23). The number of aliphatic imine (C=N–C) groups is 1. The molecule has 2 unspecified atom stereocenters. The number of benzene rings is 2. The molecular weight excluding hydrogens is 354 g/mol. The van der Waals surface area contributed by atoms with Crippen molar-refractivity contribution in [2.24, 2.45) is 4.99 Å². The minimum absolute atomic E-state index is 0.0196. The van der Waals surface area contributed by atoms with E-state index in [0.29, 0.717) is 18.3 Å². The third kappa shape index (κ3) is 6.18. The molecule has 0 saturated heterocycles. The Balaban J connectivity index is 1.96. The van der Waals surface area contributed by atoms with Gasteiger partial charge in [0.15, 0.2) is 5.96 Å². The highest BCUT2D eigenvalue weighted by Gasteiger charge is 2.11. The summed E-state index contributed by atoms with van der Waals surface area (Å²) in [5.74, 6) is 1.18. The van der Waals surface area contributed by atoms with Crippen LogP contribution in [0, 0.1) is 0 Å². The monoisotopic (exact) mass is 377 g/mol. The fourth-order valence-electron chi connectivity index (χ4n) is 2.36. The molecule has 2 atom stereocenters. The van der Waals surface area contributed by atoms with Gasteiger partial charge in [-0.2, -0.15) is 0 Å². The summed E-state index contributed by atoms with van der Waals surface area (Å²) in [5.41, 5.74) is 1.02. The molecule has 134 valence electrons. The van der Waals surface area contributed by atoms with Crippen LogP contribution in [0.2, 0.25) is 5.02 Å². The second kappa shape index (κ2) is 10.2. The van der Waals surface area contributed by atoms with Crippen LogP contribution in [0.25, 0.3) is 0 Å². The molecule has 0 aromatic heterocycles. The lowest BCUT2D eigenvalue weighted by Crippen LogP contribution is -2.39. The van der Waals surface area contributed by atoms with Crippen molar-refractivity contribution >= 4 is 28.4 Å². The van der Waals surface area contributed by atoms with Gasteiger partial charge in [-0.25, -0.2) is 0 Å². The van der Waals surface area contributed by atoms with Crippen molar-refractivity contribution in [1.82, 2.24) is 10.6 Å². The molecule has 0 saturated carbocycles. The van der Waals surface area contributed by atoms with Crippen LogP contribution in [-0.4, -0.2) is 29.0 Å². The maximum absolute atomic E-state index is 12.3. The van der Waals surface area contributed by atoms with Gasteiger partial charge in [0.05, 0.1) is 23.4 Å². The van der Waals surface area contributed by atoms with Gasteiger partial charge in [-0.15, -0.1) is 0 Å². The van der Waals surface area contributed by atoms with Crippen molar-refractivity contribution in [2.75, 3.05) is 18.8 Å². The fraction of sp³-hybridized carbons (Fsp3) is 0.316. The first-order chi connectivity index (χ1) is 12.1. The number of nitrogens with zero attached hydrogens (tertiary/aromatic N) is 1. The van der Waals surface area contributed by atoms with E-state index in [1.807, 2.05) is 68.4 Å². The van der Waals surface area contributed by atoms with Crippen LogP contribution in [0.15, 0.2) is 64.5 Å². The predicted molar refractivity (Wildman–Crippen MR) is 107 cm³/mol. The molecule has 25 heavy (non-hydrogen) atoms. The van der Waals surface area contributed by atoms with Gasteiger partial charge >= 0.3 is 0 Å². The topological polar surface area (TPSA) is 53.5 Å². The quantitative estimate of drug-likeness (QED) is 0.570. The zero-order chi connectivity index (χ0) is 18.1. The van der Waals surface area contributed by atoms with Gasteiger partial charge in [0, 0.05) is 22.2 Å². The van der Waals surface area contributed by atoms with Crippen LogP contribution in [0.4, 0.5) is 0 Å². The van der Waals surface area contributed by atoms with Gasteiger partial charge in [-0.3, -0.25) is 9.20 Å². The minimum atomic E-state index is -1.04. The van der Waals surface area contributed by atoms with Gasteiger partial charge in [0.1, 0.15) is 0 Å². The van der Waals surface area contributed by atoms with E-state index in [1.165, 1.54) is 0 Å². The highest BCUT2D eigenvalue weighted by atomic mass is 35.5. The molecule has 0 fully saturated rings. The molecule has 0 aliphatic carbocycles. The Morgan fingerprint density at radius 1 is 1.16 bits per heavy atom. The van der Waals surface area contributed by atoms with Crippen molar-refractivity contribution in [3.63, 3.8) is 0 Å². The molecule has 0 radical (unpaired) electrons. The molecule has 0 heterocycles. The van der Waals surface area contributed by atoms with Crippen LogP contribution in [0.5, 0.6) is 0 Å². The van der Waals surface area contributed by atoms with Gasteiger partial charge in [-0.1, -0.05) is 48.0 Å². The van der Waals surface area contributed by atoms with E-state index in [4.69, 9.17) is 11.6 Å². The molecule has 0 aliphatic rings. The third-order valence-corrected chi connectivity index (χ3v) is 5.32. The SMILES string of the molecule is CCNC(=NCCS(=O)c1ccccc1)NC(C)c1ccccc1Cl. The lowest BCUT2D eigenvalue weighted by molar-refractivity contribution is 0.680. The Hall–Kier alpha value is -1.85. The van der Waals surface area contributed by atoms with Crippen LogP contribution in [-0.2, 0) is 10.8 Å². The van der Waals surface area contributed by atoms with Crippen molar-refractivity contribution in [2.45, 2.75) is 24.8 Å². The molecule has 2 aromatic rings. The zero-order valence-corrected chi connectivity index (χ0v) is 16.1. The Labute approximate surface area is 157 Å². The van der Waals surface area contributed by atoms with E-state index in [1.54, 1.807) is 0 Å². The molecule has 0 amide bonds. The molecular formula is C19H24ClN3OS. The van der Waals surface area contributed by atoms with Crippen LogP contribution >= 0.6 is 11.6 Å². The largest absolute Gasteiger partial charge is 0.357 e. The number of rotatable bonds is 7. The fourth-order valence-corrected chi connectivity index (χ4v) is 3.61. The molecule has 2 rings (SSSR count). The maximum atomic E-state index is 12.3. The average Bonchev–Trinajstić information content (AvgIpc) is 2.62. The van der Waals surface area contributed by atoms with Crippen molar-refractivity contribution in [3.05, 3.63) is 65.2 Å². The van der Waals surface area contributed by atoms with E-state index in [-0.39, 0.29) is 6.04 Å².